The van der Waals surface area contributed by atoms with Crippen molar-refractivity contribution in [3.05, 3.63) is 91.8 Å². The lowest BCUT2D eigenvalue weighted by atomic mass is 9.53. The van der Waals surface area contributed by atoms with Gasteiger partial charge >= 0.3 is 5.69 Å². The summed E-state index contributed by atoms with van der Waals surface area (Å²) in [4.78, 5) is 86.6. The Balaban J connectivity index is 0.799. The number of likely N-dealkylation sites (tertiary alicyclic amines) is 1. The lowest BCUT2D eigenvalue weighted by molar-refractivity contribution is -0.136. The van der Waals surface area contributed by atoms with Gasteiger partial charge in [0.25, 0.3) is 0 Å². The van der Waals surface area contributed by atoms with Gasteiger partial charge in [-0.05, 0) is 123 Å². The van der Waals surface area contributed by atoms with Crippen molar-refractivity contribution in [1.29, 1.82) is 0 Å². The number of imidazole rings is 1. The minimum absolute atomic E-state index is 0.0133. The first-order valence-corrected chi connectivity index (χ1v) is 24.6. The van der Waals surface area contributed by atoms with E-state index in [0.717, 1.165) is 32.1 Å². The van der Waals surface area contributed by atoms with Crippen molar-refractivity contribution in [3.63, 3.8) is 0 Å². The largest absolute Gasteiger partial charge is 0.352 e. The number of aryl methyl sites for hydroxylation is 1. The maximum Gasteiger partial charge on any atom is 0.329 e. The summed E-state index contributed by atoms with van der Waals surface area (Å²) < 4.78 is 19.3. The van der Waals surface area contributed by atoms with E-state index in [0.29, 0.717) is 78.1 Å². The fourth-order valence-corrected chi connectivity index (χ4v) is 12.8. The standard InChI is InChI=1S/C51H55Cl2FN8O6/c1-49(2)18-20-50(21-19-49)51(34-12-9-31(52)26-35(34)57-47(51)67)41(33-16-22-55-44(53)42(33)54)43(59-50)46(66)56-32-10-6-30(7-11-32)27-61-23-17-29(25-40(61)64)5-4-28-8-13-36-38(24-28)60(3)48(68)62(36)37-14-15-39(63)58-45(37)65/h8-9,12-13,16,22,24,26,29-30,32,37,41,43,59H,6-7,10-11,14-15,17-21,23,25,27H2,1-3H3,(H,56,66)(H,57,67)(H,58,63,65)/t29?,30?,32?,37?,41-,43+,51+/m0/s1. The number of carbonyl (C=O) groups excluding carboxylic acids is 5. The van der Waals surface area contributed by atoms with Crippen molar-refractivity contribution >= 4 is 69.5 Å². The quantitative estimate of drug-likeness (QED) is 0.0975. The maximum absolute atomic E-state index is 16.4. The summed E-state index contributed by atoms with van der Waals surface area (Å²) in [5.41, 5.74) is 0.730. The summed E-state index contributed by atoms with van der Waals surface area (Å²) in [7, 11) is 1.64. The van der Waals surface area contributed by atoms with Gasteiger partial charge in [0.1, 0.15) is 11.5 Å². The molecule has 0 radical (unpaired) electrons. The molecule has 10 rings (SSSR count). The van der Waals surface area contributed by atoms with Crippen LogP contribution in [0.25, 0.3) is 11.0 Å². The molecule has 3 saturated heterocycles. The number of imide groups is 1. The molecule has 2 saturated carbocycles. The number of fused-ring (bicyclic) bond motifs is 4. The van der Waals surface area contributed by atoms with Gasteiger partial charge in [0.05, 0.1) is 17.1 Å². The molecule has 2 unspecified atom stereocenters. The molecular formula is C51H55Cl2FN8O6. The molecule has 2 aliphatic carbocycles. The van der Waals surface area contributed by atoms with Gasteiger partial charge in [-0.25, -0.2) is 14.2 Å². The lowest BCUT2D eigenvalue weighted by Gasteiger charge is -2.50. The van der Waals surface area contributed by atoms with E-state index in [1.54, 1.807) is 37.4 Å². The molecule has 356 valence electrons. The number of carbonyl (C=O) groups is 5. The average molecular weight is 966 g/mol. The predicted octanol–water partition coefficient (Wildman–Crippen LogP) is 6.41. The van der Waals surface area contributed by atoms with Crippen LogP contribution in [0.2, 0.25) is 10.2 Å². The minimum atomic E-state index is -1.36. The number of hydrogen-bond acceptors (Lipinski definition) is 8. The smallest absolute Gasteiger partial charge is 0.329 e. The highest BCUT2D eigenvalue weighted by Gasteiger charge is 2.73. The second-order valence-corrected chi connectivity index (χ2v) is 21.5. The molecule has 5 atom stereocenters. The number of anilines is 1. The number of rotatable bonds is 6. The van der Waals surface area contributed by atoms with Crippen LogP contribution in [0.3, 0.4) is 0 Å². The highest BCUT2D eigenvalue weighted by atomic mass is 35.5. The zero-order chi connectivity index (χ0) is 47.9. The third-order valence-electron chi connectivity index (χ3n) is 16.2. The van der Waals surface area contributed by atoms with E-state index in [-0.39, 0.29) is 76.2 Å². The van der Waals surface area contributed by atoms with Gasteiger partial charge in [-0.3, -0.25) is 43.7 Å². The van der Waals surface area contributed by atoms with E-state index >= 15 is 4.39 Å². The fraction of sp³-hybridized carbons (Fsp3) is 0.510. The number of amides is 5. The molecule has 2 aromatic carbocycles. The SMILES string of the molecule is Cn1c(=O)n(C2CCC(=O)NC2=O)c2ccc(C#CC3CCN(CC4CCC(NC(=O)[C@@H]5NC6(CCC(C)(C)CC6)[C@@]6(C(=O)Nc7cc(Cl)ccc76)[C@H]5c5ccnc(Cl)c5F)CC4)C(=O)C3)cc21. The van der Waals surface area contributed by atoms with Crippen molar-refractivity contribution < 1.29 is 28.4 Å². The van der Waals surface area contributed by atoms with E-state index in [1.807, 2.05) is 17.0 Å². The van der Waals surface area contributed by atoms with Crippen molar-refractivity contribution in [1.82, 2.24) is 35.0 Å². The van der Waals surface area contributed by atoms with Crippen molar-refractivity contribution in [2.45, 2.75) is 126 Å². The molecule has 4 N–H and O–H groups in total. The molecule has 6 heterocycles. The van der Waals surface area contributed by atoms with Gasteiger partial charge in [-0.15, -0.1) is 0 Å². The molecule has 5 fully saturated rings. The van der Waals surface area contributed by atoms with Crippen LogP contribution in [-0.4, -0.2) is 79.3 Å². The van der Waals surface area contributed by atoms with Crippen LogP contribution < -0.4 is 27.0 Å². The van der Waals surface area contributed by atoms with Crippen molar-refractivity contribution in [3.8, 4) is 11.8 Å². The zero-order valence-corrected chi connectivity index (χ0v) is 39.9. The normalized spacial score (nSPS) is 28.6. The van der Waals surface area contributed by atoms with Crippen LogP contribution in [0.1, 0.15) is 120 Å². The molecule has 5 amide bonds. The van der Waals surface area contributed by atoms with Gasteiger partial charge in [0, 0.05) is 78.9 Å². The molecule has 14 nitrogen and oxygen atoms in total. The van der Waals surface area contributed by atoms with Gasteiger partial charge in [-0.2, -0.15) is 0 Å². The summed E-state index contributed by atoms with van der Waals surface area (Å²) in [5.74, 6) is 3.56. The van der Waals surface area contributed by atoms with Crippen LogP contribution in [0.5, 0.6) is 0 Å². The van der Waals surface area contributed by atoms with Crippen LogP contribution in [0.15, 0.2) is 53.5 Å². The van der Waals surface area contributed by atoms with Crippen LogP contribution in [0.4, 0.5) is 10.1 Å². The summed E-state index contributed by atoms with van der Waals surface area (Å²) in [6.45, 7) is 5.64. The topological polar surface area (TPSA) is 177 Å². The Morgan fingerprint density at radius 2 is 1.69 bits per heavy atom. The Labute approximate surface area is 403 Å². The summed E-state index contributed by atoms with van der Waals surface area (Å²) in [6.07, 6.45) is 8.68. The summed E-state index contributed by atoms with van der Waals surface area (Å²) in [5, 5.41) is 12.6. The molecule has 68 heavy (non-hydrogen) atoms. The molecule has 4 aromatic rings. The number of nitrogens with zero attached hydrogens (tertiary/aromatic N) is 4. The van der Waals surface area contributed by atoms with Gasteiger partial charge in [0.2, 0.25) is 29.5 Å². The number of piperidine rings is 2. The number of aromatic nitrogens is 3. The maximum atomic E-state index is 16.4. The fourth-order valence-electron chi connectivity index (χ4n) is 12.5. The zero-order valence-electron chi connectivity index (χ0n) is 38.4. The number of benzene rings is 2. The highest BCUT2D eigenvalue weighted by Crippen LogP contribution is 2.64. The van der Waals surface area contributed by atoms with E-state index < -0.39 is 40.7 Å². The molecule has 0 bridgehead atoms. The second kappa shape index (κ2) is 17.4. The highest BCUT2D eigenvalue weighted by molar-refractivity contribution is 6.31. The molecule has 6 aliphatic rings. The number of hydrogen-bond donors (Lipinski definition) is 4. The number of nitrogens with one attached hydrogen (secondary N) is 4. The lowest BCUT2D eigenvalue weighted by Crippen LogP contribution is -2.61. The van der Waals surface area contributed by atoms with Gasteiger partial charge in [0.15, 0.2) is 11.0 Å². The predicted molar refractivity (Wildman–Crippen MR) is 254 cm³/mol. The van der Waals surface area contributed by atoms with E-state index in [1.165, 1.54) is 15.3 Å². The average Bonchev–Trinajstić information content (AvgIpc) is 3.86. The molecular weight excluding hydrogens is 911 g/mol. The van der Waals surface area contributed by atoms with E-state index in [4.69, 9.17) is 23.2 Å². The second-order valence-electron chi connectivity index (χ2n) is 20.7. The van der Waals surface area contributed by atoms with E-state index in [2.05, 4.69) is 51.9 Å². The molecule has 2 aromatic heterocycles. The monoisotopic (exact) mass is 964 g/mol. The molecule has 2 spiro atoms. The first kappa shape index (κ1) is 46.2. The number of pyridine rings is 1. The molecule has 4 aliphatic heterocycles. The van der Waals surface area contributed by atoms with E-state index in [9.17, 15) is 28.8 Å². The minimum Gasteiger partial charge on any atom is -0.352 e. The van der Waals surface area contributed by atoms with Crippen LogP contribution >= 0.6 is 23.2 Å². The Morgan fingerprint density at radius 1 is 0.926 bits per heavy atom. The molecule has 17 heteroatoms. The Morgan fingerprint density at radius 3 is 2.43 bits per heavy atom. The Bertz CT molecular complexity index is 2900. The summed E-state index contributed by atoms with van der Waals surface area (Å²) in [6, 6.07) is 10.4. The number of halogens is 3. The third-order valence-corrected chi connectivity index (χ3v) is 16.7. The van der Waals surface area contributed by atoms with Crippen LogP contribution in [-0.2, 0) is 36.4 Å². The Kier molecular flexibility index (Phi) is 11.8. The first-order chi connectivity index (χ1) is 32.5. The van der Waals surface area contributed by atoms with Gasteiger partial charge in [-0.1, -0.05) is 55.0 Å². The first-order valence-electron chi connectivity index (χ1n) is 23.8. The van der Waals surface area contributed by atoms with Crippen LogP contribution in [0, 0.1) is 34.9 Å². The van der Waals surface area contributed by atoms with Crippen molar-refractivity contribution in [2.24, 2.45) is 24.3 Å². The summed E-state index contributed by atoms with van der Waals surface area (Å²) >= 11 is 12.8. The van der Waals surface area contributed by atoms with Crippen molar-refractivity contribution in [2.75, 3.05) is 18.4 Å². The van der Waals surface area contributed by atoms with Gasteiger partial charge < -0.3 is 15.5 Å². The third kappa shape index (κ3) is 7.80. The Hall–Kier alpha value is -5.56.